The molecule has 1 heterocycles. The molecule has 110 valence electrons. The number of pyridine rings is 1. The first-order valence-corrected chi connectivity index (χ1v) is 7.72. The van der Waals surface area contributed by atoms with Crippen LogP contribution < -0.4 is 10.1 Å². The molecule has 1 aromatic carbocycles. The maximum absolute atomic E-state index is 6.16. The number of nitrogens with zero attached hydrogens (tertiary/aromatic N) is 1. The Labute approximate surface area is 134 Å². The van der Waals surface area contributed by atoms with Crippen LogP contribution in [0.5, 0.6) is 5.88 Å². The Morgan fingerprint density at radius 2 is 2.05 bits per heavy atom. The van der Waals surface area contributed by atoms with Crippen molar-refractivity contribution in [2.24, 2.45) is 0 Å². The van der Waals surface area contributed by atoms with Crippen molar-refractivity contribution in [3.8, 4) is 5.88 Å². The molecule has 0 atom stereocenters. The number of halogens is 2. The standard InChI is InChI=1S/C16H16Cl2N2O/c17-12-3-1-2-11(8-12)10-21-16-7-6-14(18)15(20-16)9-19-13-4-5-13/h1-3,6-8,13,19H,4-5,9-10H2. The molecular weight excluding hydrogens is 307 g/mol. The third-order valence-electron chi connectivity index (χ3n) is 3.30. The van der Waals surface area contributed by atoms with Gasteiger partial charge >= 0.3 is 0 Å². The van der Waals surface area contributed by atoms with Crippen LogP contribution in [0.15, 0.2) is 36.4 Å². The second-order valence-electron chi connectivity index (χ2n) is 5.15. The van der Waals surface area contributed by atoms with E-state index >= 15 is 0 Å². The number of rotatable bonds is 6. The van der Waals surface area contributed by atoms with E-state index in [1.807, 2.05) is 30.3 Å². The lowest BCUT2D eigenvalue weighted by molar-refractivity contribution is 0.293. The SMILES string of the molecule is Clc1cccc(COc2ccc(Cl)c(CNC3CC3)n2)c1. The van der Waals surface area contributed by atoms with Crippen molar-refractivity contribution in [3.05, 3.63) is 57.7 Å². The summed E-state index contributed by atoms with van der Waals surface area (Å²) in [6.45, 7) is 1.11. The Balaban J connectivity index is 1.63. The fraction of sp³-hybridized carbons (Fsp3) is 0.312. The number of hydrogen-bond acceptors (Lipinski definition) is 3. The lowest BCUT2D eigenvalue weighted by atomic mass is 10.2. The zero-order chi connectivity index (χ0) is 14.7. The highest BCUT2D eigenvalue weighted by Crippen LogP contribution is 2.22. The molecule has 5 heteroatoms. The minimum Gasteiger partial charge on any atom is -0.473 e. The number of benzene rings is 1. The van der Waals surface area contributed by atoms with Gasteiger partial charge in [-0.15, -0.1) is 0 Å². The van der Waals surface area contributed by atoms with Crippen LogP contribution in [0.2, 0.25) is 10.0 Å². The van der Waals surface area contributed by atoms with E-state index in [1.165, 1.54) is 12.8 Å². The molecule has 0 amide bonds. The summed E-state index contributed by atoms with van der Waals surface area (Å²) in [6, 6.07) is 11.8. The molecule has 21 heavy (non-hydrogen) atoms. The van der Waals surface area contributed by atoms with Crippen LogP contribution in [0.3, 0.4) is 0 Å². The smallest absolute Gasteiger partial charge is 0.213 e. The van der Waals surface area contributed by atoms with Crippen molar-refractivity contribution in [2.45, 2.75) is 32.0 Å². The molecule has 0 aliphatic heterocycles. The summed E-state index contributed by atoms with van der Waals surface area (Å²) < 4.78 is 5.71. The molecule has 1 aliphatic carbocycles. The maximum atomic E-state index is 6.16. The molecule has 2 aromatic rings. The fourth-order valence-electron chi connectivity index (χ4n) is 1.98. The first kappa shape index (κ1) is 14.6. The predicted molar refractivity (Wildman–Crippen MR) is 84.9 cm³/mol. The van der Waals surface area contributed by atoms with Gasteiger partial charge in [-0.2, -0.15) is 0 Å². The van der Waals surface area contributed by atoms with Crippen LogP contribution in [0.1, 0.15) is 24.1 Å². The summed E-state index contributed by atoms with van der Waals surface area (Å²) >= 11 is 12.1. The lowest BCUT2D eigenvalue weighted by Crippen LogP contribution is -2.16. The van der Waals surface area contributed by atoms with Crippen molar-refractivity contribution in [1.82, 2.24) is 10.3 Å². The normalized spacial score (nSPS) is 14.2. The molecule has 3 rings (SSSR count). The monoisotopic (exact) mass is 322 g/mol. The van der Waals surface area contributed by atoms with Gasteiger partial charge in [0, 0.05) is 23.7 Å². The summed E-state index contributed by atoms with van der Waals surface area (Å²) in [7, 11) is 0. The minimum atomic E-state index is 0.435. The molecule has 0 radical (unpaired) electrons. The Bertz CT molecular complexity index is 629. The second-order valence-corrected chi connectivity index (χ2v) is 6.00. The first-order valence-electron chi connectivity index (χ1n) is 6.97. The zero-order valence-electron chi connectivity index (χ0n) is 11.5. The van der Waals surface area contributed by atoms with Crippen molar-refractivity contribution >= 4 is 23.2 Å². The highest BCUT2D eigenvalue weighted by Gasteiger charge is 2.20. The number of aromatic nitrogens is 1. The van der Waals surface area contributed by atoms with Gasteiger partial charge in [0.1, 0.15) is 6.61 Å². The summed E-state index contributed by atoms with van der Waals surface area (Å²) in [4.78, 5) is 4.46. The summed E-state index contributed by atoms with van der Waals surface area (Å²) in [5.74, 6) is 0.576. The minimum absolute atomic E-state index is 0.435. The van der Waals surface area contributed by atoms with Crippen molar-refractivity contribution in [1.29, 1.82) is 0 Å². The average Bonchev–Trinajstić information content (AvgIpc) is 3.29. The predicted octanol–water partition coefficient (Wildman–Crippen LogP) is 4.22. The highest BCUT2D eigenvalue weighted by atomic mass is 35.5. The third-order valence-corrected chi connectivity index (χ3v) is 3.88. The molecule has 1 saturated carbocycles. The molecule has 3 nitrogen and oxygen atoms in total. The molecule has 0 unspecified atom stereocenters. The van der Waals surface area contributed by atoms with Gasteiger partial charge in [0.2, 0.25) is 5.88 Å². The quantitative estimate of drug-likeness (QED) is 0.864. The molecule has 0 saturated heterocycles. The van der Waals surface area contributed by atoms with Crippen LogP contribution in [0.25, 0.3) is 0 Å². The van der Waals surface area contributed by atoms with Gasteiger partial charge in [0.05, 0.1) is 10.7 Å². The van der Waals surface area contributed by atoms with E-state index in [4.69, 9.17) is 27.9 Å². The van der Waals surface area contributed by atoms with E-state index in [9.17, 15) is 0 Å². The first-order chi connectivity index (χ1) is 10.2. The van der Waals surface area contributed by atoms with Gasteiger partial charge < -0.3 is 10.1 Å². The van der Waals surface area contributed by atoms with Crippen LogP contribution in [0.4, 0.5) is 0 Å². The van der Waals surface area contributed by atoms with Crippen LogP contribution in [-0.4, -0.2) is 11.0 Å². The van der Waals surface area contributed by atoms with Crippen molar-refractivity contribution < 1.29 is 4.74 Å². The van der Waals surface area contributed by atoms with Gasteiger partial charge in [-0.3, -0.25) is 0 Å². The van der Waals surface area contributed by atoms with E-state index in [0.29, 0.717) is 35.1 Å². The van der Waals surface area contributed by atoms with Gasteiger partial charge in [0.25, 0.3) is 0 Å². The van der Waals surface area contributed by atoms with Gasteiger partial charge in [-0.1, -0.05) is 35.3 Å². The van der Waals surface area contributed by atoms with Crippen LogP contribution in [-0.2, 0) is 13.2 Å². The van der Waals surface area contributed by atoms with Gasteiger partial charge in [0.15, 0.2) is 0 Å². The van der Waals surface area contributed by atoms with E-state index in [2.05, 4.69) is 10.3 Å². The second kappa shape index (κ2) is 6.65. The Hall–Kier alpha value is -1.29. The Kier molecular flexibility index (Phi) is 4.63. The molecule has 1 aromatic heterocycles. The van der Waals surface area contributed by atoms with Gasteiger partial charge in [-0.25, -0.2) is 4.98 Å². The van der Waals surface area contributed by atoms with E-state index < -0.39 is 0 Å². The molecule has 1 aliphatic rings. The highest BCUT2D eigenvalue weighted by molar-refractivity contribution is 6.31. The summed E-state index contributed by atoms with van der Waals surface area (Å²) in [5, 5.41) is 4.77. The largest absolute Gasteiger partial charge is 0.473 e. The molecule has 1 fully saturated rings. The summed E-state index contributed by atoms with van der Waals surface area (Å²) in [5.41, 5.74) is 1.84. The maximum Gasteiger partial charge on any atom is 0.213 e. The molecular formula is C16H16Cl2N2O. The fourth-order valence-corrected chi connectivity index (χ4v) is 2.37. The lowest BCUT2D eigenvalue weighted by Gasteiger charge is -2.09. The number of ether oxygens (including phenoxy) is 1. The van der Waals surface area contributed by atoms with Crippen molar-refractivity contribution in [2.75, 3.05) is 0 Å². The number of nitrogens with one attached hydrogen (secondary N) is 1. The Morgan fingerprint density at radius 3 is 2.81 bits per heavy atom. The molecule has 0 spiro atoms. The van der Waals surface area contributed by atoms with E-state index in [1.54, 1.807) is 6.07 Å². The summed E-state index contributed by atoms with van der Waals surface area (Å²) in [6.07, 6.45) is 2.48. The topological polar surface area (TPSA) is 34.1 Å². The zero-order valence-corrected chi connectivity index (χ0v) is 13.0. The Morgan fingerprint density at radius 1 is 1.19 bits per heavy atom. The van der Waals surface area contributed by atoms with Crippen molar-refractivity contribution in [3.63, 3.8) is 0 Å². The third kappa shape index (κ3) is 4.34. The average molecular weight is 323 g/mol. The van der Waals surface area contributed by atoms with E-state index in [0.717, 1.165) is 11.3 Å². The van der Waals surface area contributed by atoms with E-state index in [-0.39, 0.29) is 0 Å². The number of hydrogen-bond donors (Lipinski definition) is 1. The molecule has 0 bridgehead atoms. The van der Waals surface area contributed by atoms with Gasteiger partial charge in [-0.05, 0) is 36.6 Å². The van der Waals surface area contributed by atoms with Crippen LogP contribution in [0, 0.1) is 0 Å². The molecule has 1 N–H and O–H groups in total. The van der Waals surface area contributed by atoms with Crippen LogP contribution >= 0.6 is 23.2 Å².